The Bertz CT molecular complexity index is 717. The highest BCUT2D eigenvalue weighted by Gasteiger charge is 2.19. The van der Waals surface area contributed by atoms with Crippen molar-refractivity contribution in [1.29, 1.82) is 0 Å². The molecule has 4 heteroatoms. The highest BCUT2D eigenvalue weighted by Crippen LogP contribution is 2.36. The highest BCUT2D eigenvalue weighted by molar-refractivity contribution is 7.21. The lowest BCUT2D eigenvalue weighted by Gasteiger charge is -2.32. The summed E-state index contributed by atoms with van der Waals surface area (Å²) < 4.78 is 0. The van der Waals surface area contributed by atoms with Crippen LogP contribution in [0.5, 0.6) is 0 Å². The Hall–Kier alpha value is -1.94. The number of aromatic nitrogens is 2. The van der Waals surface area contributed by atoms with Gasteiger partial charge in [0.2, 0.25) is 0 Å². The Balaban J connectivity index is 1.87. The van der Waals surface area contributed by atoms with E-state index in [0.29, 0.717) is 0 Å². The first-order valence-corrected chi connectivity index (χ1v) is 7.28. The molecular formula is C15H13N3S. The lowest BCUT2D eigenvalue weighted by Crippen LogP contribution is -2.37. The molecule has 0 saturated carbocycles. The van der Waals surface area contributed by atoms with Gasteiger partial charge in [-0.3, -0.25) is 0 Å². The molecule has 0 atom stereocenters. The second-order valence-corrected chi connectivity index (χ2v) is 5.76. The van der Waals surface area contributed by atoms with E-state index in [9.17, 15) is 0 Å². The molecule has 0 aliphatic carbocycles. The van der Waals surface area contributed by atoms with E-state index >= 15 is 0 Å². The largest absolute Gasteiger partial charge is 0.356 e. The van der Waals surface area contributed by atoms with E-state index in [-0.39, 0.29) is 0 Å². The minimum absolute atomic E-state index is 1.08. The highest BCUT2D eigenvalue weighted by atomic mass is 32.1. The van der Waals surface area contributed by atoms with E-state index in [4.69, 9.17) is 0 Å². The van der Waals surface area contributed by atoms with Crippen LogP contribution in [-0.4, -0.2) is 23.1 Å². The maximum absolute atomic E-state index is 4.46. The molecule has 1 saturated heterocycles. The number of benzene rings is 1. The van der Waals surface area contributed by atoms with Crippen molar-refractivity contribution in [2.24, 2.45) is 0 Å². The number of anilines is 1. The van der Waals surface area contributed by atoms with Crippen LogP contribution in [0.2, 0.25) is 0 Å². The Labute approximate surface area is 115 Å². The monoisotopic (exact) mass is 267 g/mol. The molecule has 3 heterocycles. The van der Waals surface area contributed by atoms with Gasteiger partial charge in [-0.05, 0) is 18.1 Å². The van der Waals surface area contributed by atoms with Gasteiger partial charge in [-0.25, -0.2) is 9.97 Å². The SMILES string of the molecule is c1ccc(-c2cc3c(N4CCC4)ncnc3s2)cc1. The number of fused-ring (bicyclic) bond motifs is 1. The number of hydrogen-bond acceptors (Lipinski definition) is 4. The summed E-state index contributed by atoms with van der Waals surface area (Å²) in [4.78, 5) is 13.5. The molecule has 1 aliphatic rings. The third-order valence-corrected chi connectivity index (χ3v) is 4.61. The van der Waals surface area contributed by atoms with Crippen molar-refractivity contribution >= 4 is 27.4 Å². The maximum Gasteiger partial charge on any atom is 0.140 e. The van der Waals surface area contributed by atoms with Gasteiger partial charge in [0.05, 0.1) is 5.39 Å². The summed E-state index contributed by atoms with van der Waals surface area (Å²) >= 11 is 1.74. The van der Waals surface area contributed by atoms with Crippen molar-refractivity contribution < 1.29 is 0 Å². The molecule has 3 aromatic rings. The summed E-state index contributed by atoms with van der Waals surface area (Å²) in [6, 6.07) is 12.7. The number of nitrogens with zero attached hydrogens (tertiary/aromatic N) is 3. The second-order valence-electron chi connectivity index (χ2n) is 4.73. The van der Waals surface area contributed by atoms with Gasteiger partial charge in [0.25, 0.3) is 0 Å². The Morgan fingerprint density at radius 2 is 1.89 bits per heavy atom. The molecule has 0 unspecified atom stereocenters. The van der Waals surface area contributed by atoms with Crippen LogP contribution in [0, 0.1) is 0 Å². The van der Waals surface area contributed by atoms with E-state index < -0.39 is 0 Å². The third kappa shape index (κ3) is 1.79. The van der Waals surface area contributed by atoms with Crippen molar-refractivity contribution in [1.82, 2.24) is 9.97 Å². The molecule has 1 fully saturated rings. The Morgan fingerprint density at radius 3 is 2.63 bits per heavy atom. The lowest BCUT2D eigenvalue weighted by molar-refractivity contribution is 0.612. The van der Waals surface area contributed by atoms with E-state index in [1.54, 1.807) is 17.7 Å². The zero-order chi connectivity index (χ0) is 12.7. The fourth-order valence-electron chi connectivity index (χ4n) is 2.37. The van der Waals surface area contributed by atoms with Gasteiger partial charge in [-0.2, -0.15) is 0 Å². The van der Waals surface area contributed by atoms with Crippen molar-refractivity contribution in [3.63, 3.8) is 0 Å². The van der Waals surface area contributed by atoms with Gasteiger partial charge < -0.3 is 4.90 Å². The minimum atomic E-state index is 1.08. The first kappa shape index (κ1) is 10.9. The maximum atomic E-state index is 4.46. The van der Waals surface area contributed by atoms with Crippen LogP contribution in [0.25, 0.3) is 20.7 Å². The second kappa shape index (κ2) is 4.31. The first-order valence-electron chi connectivity index (χ1n) is 6.47. The van der Waals surface area contributed by atoms with Crippen molar-refractivity contribution in [3.05, 3.63) is 42.7 Å². The molecule has 2 aromatic heterocycles. The first-order chi connectivity index (χ1) is 9.42. The summed E-state index contributed by atoms with van der Waals surface area (Å²) in [5.41, 5.74) is 1.25. The normalized spacial score (nSPS) is 14.6. The summed E-state index contributed by atoms with van der Waals surface area (Å²) in [5, 5.41) is 1.19. The van der Waals surface area contributed by atoms with E-state index in [1.165, 1.54) is 22.2 Å². The van der Waals surface area contributed by atoms with Gasteiger partial charge in [0.1, 0.15) is 17.0 Å². The van der Waals surface area contributed by atoms with Crippen LogP contribution < -0.4 is 4.90 Å². The standard InChI is InChI=1S/C15H13N3S/c1-2-5-11(6-3-1)13-9-12-14(18-7-4-8-18)16-10-17-15(12)19-13/h1-3,5-6,9-10H,4,7-8H2. The van der Waals surface area contributed by atoms with Crippen LogP contribution in [0.1, 0.15) is 6.42 Å². The van der Waals surface area contributed by atoms with Gasteiger partial charge >= 0.3 is 0 Å². The Morgan fingerprint density at radius 1 is 1.05 bits per heavy atom. The molecule has 0 amide bonds. The summed E-state index contributed by atoms with van der Waals surface area (Å²) in [5.74, 6) is 1.09. The van der Waals surface area contributed by atoms with Crippen LogP contribution >= 0.6 is 11.3 Å². The predicted molar refractivity (Wildman–Crippen MR) is 79.7 cm³/mol. The summed E-state index contributed by atoms with van der Waals surface area (Å²) in [7, 11) is 0. The van der Waals surface area contributed by atoms with E-state index in [0.717, 1.165) is 23.7 Å². The Kier molecular flexibility index (Phi) is 2.48. The molecule has 0 radical (unpaired) electrons. The zero-order valence-corrected chi connectivity index (χ0v) is 11.2. The molecule has 0 bridgehead atoms. The summed E-state index contributed by atoms with van der Waals surface area (Å²) in [6.45, 7) is 2.23. The van der Waals surface area contributed by atoms with E-state index in [2.05, 4.69) is 45.2 Å². The van der Waals surface area contributed by atoms with E-state index in [1.807, 2.05) is 6.07 Å². The zero-order valence-electron chi connectivity index (χ0n) is 10.4. The van der Waals surface area contributed by atoms with Crippen molar-refractivity contribution in [2.75, 3.05) is 18.0 Å². The minimum Gasteiger partial charge on any atom is -0.356 e. The van der Waals surface area contributed by atoms with Crippen LogP contribution in [0.3, 0.4) is 0 Å². The van der Waals surface area contributed by atoms with Crippen molar-refractivity contribution in [3.8, 4) is 10.4 Å². The topological polar surface area (TPSA) is 29.0 Å². The van der Waals surface area contributed by atoms with Gasteiger partial charge in [-0.15, -0.1) is 11.3 Å². The number of thiophene rings is 1. The molecule has 0 N–H and O–H groups in total. The molecule has 19 heavy (non-hydrogen) atoms. The summed E-state index contributed by atoms with van der Waals surface area (Å²) in [6.07, 6.45) is 2.95. The van der Waals surface area contributed by atoms with Crippen molar-refractivity contribution in [2.45, 2.75) is 6.42 Å². The molecule has 3 nitrogen and oxygen atoms in total. The average molecular weight is 267 g/mol. The fourth-order valence-corrected chi connectivity index (χ4v) is 3.37. The lowest BCUT2D eigenvalue weighted by atomic mass is 10.1. The molecule has 94 valence electrons. The predicted octanol–water partition coefficient (Wildman–Crippen LogP) is 3.57. The molecule has 1 aliphatic heterocycles. The van der Waals surface area contributed by atoms with Crippen LogP contribution in [0.4, 0.5) is 5.82 Å². The third-order valence-electron chi connectivity index (χ3n) is 3.52. The molecule has 0 spiro atoms. The fraction of sp³-hybridized carbons (Fsp3) is 0.200. The molecule has 4 rings (SSSR count). The number of rotatable bonds is 2. The average Bonchev–Trinajstić information content (AvgIpc) is 2.83. The van der Waals surface area contributed by atoms with Gasteiger partial charge in [0.15, 0.2) is 0 Å². The quantitative estimate of drug-likeness (QED) is 0.711. The molecule has 1 aromatic carbocycles. The van der Waals surface area contributed by atoms with Crippen LogP contribution in [-0.2, 0) is 0 Å². The van der Waals surface area contributed by atoms with Gasteiger partial charge in [-0.1, -0.05) is 30.3 Å². The smallest absolute Gasteiger partial charge is 0.140 e. The molecular weight excluding hydrogens is 254 g/mol. The number of hydrogen-bond donors (Lipinski definition) is 0. The van der Waals surface area contributed by atoms with Crippen LogP contribution in [0.15, 0.2) is 42.7 Å². The van der Waals surface area contributed by atoms with Gasteiger partial charge in [0, 0.05) is 18.0 Å².